The second kappa shape index (κ2) is 6.29. The van der Waals surface area contributed by atoms with Crippen molar-refractivity contribution in [2.24, 2.45) is 0 Å². The zero-order valence-corrected chi connectivity index (χ0v) is 12.9. The summed E-state index contributed by atoms with van der Waals surface area (Å²) in [4.78, 5) is 12.6. The fraction of sp³-hybridized carbons (Fsp3) is 0. The maximum Gasteiger partial charge on any atom is 0.268 e. The highest BCUT2D eigenvalue weighted by molar-refractivity contribution is 5.67. The molecule has 0 fully saturated rings. The summed E-state index contributed by atoms with van der Waals surface area (Å²) in [6.45, 7) is 0. The molecule has 0 aliphatic heterocycles. The summed E-state index contributed by atoms with van der Waals surface area (Å²) in [5, 5.41) is 17.3. The van der Waals surface area contributed by atoms with Crippen LogP contribution in [0.4, 0.5) is 0 Å². The normalized spacial score (nSPS) is 10.4. The van der Waals surface area contributed by atoms with Gasteiger partial charge in [-0.25, -0.2) is 4.98 Å². The first-order chi connectivity index (χ1) is 12.3. The molecule has 4 aromatic rings. The fourth-order valence-electron chi connectivity index (χ4n) is 2.33. The molecule has 7 nitrogen and oxygen atoms in total. The summed E-state index contributed by atoms with van der Waals surface area (Å²) < 4.78 is 5.70. The van der Waals surface area contributed by atoms with E-state index >= 15 is 0 Å². The largest absolute Gasteiger partial charge is 0.415 e. The van der Waals surface area contributed by atoms with Crippen molar-refractivity contribution in [2.75, 3.05) is 0 Å². The number of nitriles is 1. The Hall–Kier alpha value is -3.92. The van der Waals surface area contributed by atoms with E-state index in [1.54, 1.807) is 24.7 Å². The van der Waals surface area contributed by atoms with E-state index in [-0.39, 0.29) is 5.89 Å². The molecule has 25 heavy (non-hydrogen) atoms. The SMILES string of the molecule is N#Cc1cnccc1-c1cncc(-c2nnc(-c3ccccc3)o2)n1. The number of rotatable bonds is 3. The van der Waals surface area contributed by atoms with Crippen LogP contribution in [0.15, 0.2) is 65.6 Å². The first kappa shape index (κ1) is 14.7. The number of benzene rings is 1. The topological polar surface area (TPSA) is 101 Å². The fourth-order valence-corrected chi connectivity index (χ4v) is 2.33. The molecule has 0 amide bonds. The average molecular weight is 326 g/mol. The Labute approximate surface area is 142 Å². The van der Waals surface area contributed by atoms with Gasteiger partial charge in [0.15, 0.2) is 0 Å². The average Bonchev–Trinajstić information content (AvgIpc) is 3.19. The minimum atomic E-state index is 0.265. The van der Waals surface area contributed by atoms with Gasteiger partial charge in [0.05, 0.1) is 23.7 Å². The highest BCUT2D eigenvalue weighted by Gasteiger charge is 2.14. The van der Waals surface area contributed by atoms with Gasteiger partial charge in [-0.3, -0.25) is 9.97 Å². The van der Waals surface area contributed by atoms with Crippen LogP contribution in [0.25, 0.3) is 34.3 Å². The Morgan fingerprint density at radius 1 is 0.840 bits per heavy atom. The molecule has 7 heteroatoms. The summed E-state index contributed by atoms with van der Waals surface area (Å²) in [5.74, 6) is 0.671. The van der Waals surface area contributed by atoms with E-state index in [4.69, 9.17) is 4.42 Å². The Morgan fingerprint density at radius 3 is 2.48 bits per heavy atom. The maximum atomic E-state index is 9.22. The third kappa shape index (κ3) is 2.84. The van der Waals surface area contributed by atoms with Gasteiger partial charge in [0, 0.05) is 23.5 Å². The van der Waals surface area contributed by atoms with Crippen LogP contribution in [0.5, 0.6) is 0 Å². The zero-order valence-electron chi connectivity index (χ0n) is 12.9. The van der Waals surface area contributed by atoms with Gasteiger partial charge >= 0.3 is 0 Å². The smallest absolute Gasteiger partial charge is 0.268 e. The molecule has 0 N–H and O–H groups in total. The van der Waals surface area contributed by atoms with Gasteiger partial charge in [-0.1, -0.05) is 18.2 Å². The highest BCUT2D eigenvalue weighted by atomic mass is 16.4. The first-order valence-electron chi connectivity index (χ1n) is 7.41. The second-order valence-electron chi connectivity index (χ2n) is 5.10. The van der Waals surface area contributed by atoms with E-state index < -0.39 is 0 Å². The van der Waals surface area contributed by atoms with Crippen LogP contribution in [0.3, 0.4) is 0 Å². The number of pyridine rings is 1. The summed E-state index contributed by atoms with van der Waals surface area (Å²) >= 11 is 0. The van der Waals surface area contributed by atoms with Gasteiger partial charge in [-0.15, -0.1) is 10.2 Å². The van der Waals surface area contributed by atoms with E-state index in [9.17, 15) is 5.26 Å². The zero-order chi connectivity index (χ0) is 17.1. The predicted molar refractivity (Wildman–Crippen MR) is 88.7 cm³/mol. The Bertz CT molecular complexity index is 1070. The van der Waals surface area contributed by atoms with Gasteiger partial charge < -0.3 is 4.42 Å². The third-order valence-electron chi connectivity index (χ3n) is 3.52. The van der Waals surface area contributed by atoms with Crippen molar-refractivity contribution in [3.8, 4) is 40.4 Å². The molecule has 0 aliphatic rings. The van der Waals surface area contributed by atoms with Crippen molar-refractivity contribution in [1.29, 1.82) is 5.26 Å². The molecule has 0 radical (unpaired) electrons. The molecule has 118 valence electrons. The quantitative estimate of drug-likeness (QED) is 0.570. The van der Waals surface area contributed by atoms with E-state index in [0.29, 0.717) is 28.4 Å². The van der Waals surface area contributed by atoms with Crippen molar-refractivity contribution in [2.45, 2.75) is 0 Å². The van der Waals surface area contributed by atoms with Crippen molar-refractivity contribution in [3.63, 3.8) is 0 Å². The molecular formula is C18H10N6O. The highest BCUT2D eigenvalue weighted by Crippen LogP contribution is 2.25. The molecule has 0 aliphatic carbocycles. The summed E-state index contributed by atoms with van der Waals surface area (Å²) in [6.07, 6.45) is 6.21. The van der Waals surface area contributed by atoms with Crippen LogP contribution in [0.2, 0.25) is 0 Å². The van der Waals surface area contributed by atoms with Crippen LogP contribution in [-0.4, -0.2) is 25.1 Å². The van der Waals surface area contributed by atoms with Crippen LogP contribution >= 0.6 is 0 Å². The minimum absolute atomic E-state index is 0.265. The van der Waals surface area contributed by atoms with E-state index in [1.807, 2.05) is 30.3 Å². The molecule has 3 heterocycles. The lowest BCUT2D eigenvalue weighted by Crippen LogP contribution is -1.93. The van der Waals surface area contributed by atoms with E-state index in [0.717, 1.165) is 5.56 Å². The number of nitrogens with zero attached hydrogens (tertiary/aromatic N) is 6. The van der Waals surface area contributed by atoms with Crippen molar-refractivity contribution >= 4 is 0 Å². The molecular weight excluding hydrogens is 316 g/mol. The minimum Gasteiger partial charge on any atom is -0.415 e. The molecule has 0 spiro atoms. The number of aromatic nitrogens is 5. The summed E-state index contributed by atoms with van der Waals surface area (Å²) in [6, 6.07) is 13.3. The second-order valence-corrected chi connectivity index (χ2v) is 5.10. The summed E-state index contributed by atoms with van der Waals surface area (Å²) in [5.41, 5.74) is 2.87. The van der Waals surface area contributed by atoms with Gasteiger partial charge in [0.2, 0.25) is 5.89 Å². The molecule has 1 aromatic carbocycles. The monoisotopic (exact) mass is 326 g/mol. The molecule has 4 rings (SSSR count). The Balaban J connectivity index is 1.74. The molecule has 0 atom stereocenters. The van der Waals surface area contributed by atoms with Gasteiger partial charge in [0.25, 0.3) is 5.89 Å². The van der Waals surface area contributed by atoms with Crippen LogP contribution in [-0.2, 0) is 0 Å². The van der Waals surface area contributed by atoms with Gasteiger partial charge in [0.1, 0.15) is 11.8 Å². The number of hydrogen-bond acceptors (Lipinski definition) is 7. The molecule has 3 aromatic heterocycles. The lowest BCUT2D eigenvalue weighted by molar-refractivity contribution is 0.582. The summed E-state index contributed by atoms with van der Waals surface area (Å²) in [7, 11) is 0. The van der Waals surface area contributed by atoms with E-state index in [2.05, 4.69) is 31.2 Å². The molecule has 0 saturated carbocycles. The van der Waals surface area contributed by atoms with Gasteiger partial charge in [-0.2, -0.15) is 5.26 Å². The Morgan fingerprint density at radius 2 is 1.64 bits per heavy atom. The van der Waals surface area contributed by atoms with E-state index in [1.165, 1.54) is 6.20 Å². The molecule has 0 saturated heterocycles. The first-order valence-corrected chi connectivity index (χ1v) is 7.41. The molecule has 0 bridgehead atoms. The van der Waals surface area contributed by atoms with Crippen LogP contribution < -0.4 is 0 Å². The van der Waals surface area contributed by atoms with Crippen molar-refractivity contribution < 1.29 is 4.42 Å². The van der Waals surface area contributed by atoms with Gasteiger partial charge in [-0.05, 0) is 18.2 Å². The predicted octanol–water partition coefficient (Wildman–Crippen LogP) is 3.13. The third-order valence-corrected chi connectivity index (χ3v) is 3.52. The lowest BCUT2D eigenvalue weighted by atomic mass is 10.1. The number of hydrogen-bond donors (Lipinski definition) is 0. The molecule has 0 unspecified atom stereocenters. The van der Waals surface area contributed by atoms with Crippen LogP contribution in [0.1, 0.15) is 5.56 Å². The van der Waals surface area contributed by atoms with Crippen molar-refractivity contribution in [1.82, 2.24) is 25.1 Å². The lowest BCUT2D eigenvalue weighted by Gasteiger charge is -2.03. The standard InChI is InChI=1S/C18H10N6O/c19-8-13-9-20-7-6-14(13)15-10-21-11-16(22-15)18-24-23-17(25-18)12-4-2-1-3-5-12/h1-7,9-11H. The Kier molecular flexibility index (Phi) is 3.69. The van der Waals surface area contributed by atoms with Crippen molar-refractivity contribution in [3.05, 3.63) is 66.7 Å². The maximum absolute atomic E-state index is 9.22. The van der Waals surface area contributed by atoms with Crippen LogP contribution in [0, 0.1) is 11.3 Å².